The van der Waals surface area contributed by atoms with Gasteiger partial charge in [-0.25, -0.2) is 4.90 Å². The molecule has 2 aliphatic heterocycles. The Bertz CT molecular complexity index is 995. The van der Waals surface area contributed by atoms with Gasteiger partial charge in [0.2, 0.25) is 0 Å². The second kappa shape index (κ2) is 8.45. The summed E-state index contributed by atoms with van der Waals surface area (Å²) in [4.78, 5) is 32.1. The summed E-state index contributed by atoms with van der Waals surface area (Å²) in [5.41, 5.74) is -0.195. The lowest BCUT2D eigenvalue weighted by atomic mass is 10.1. The predicted molar refractivity (Wildman–Crippen MR) is 110 cm³/mol. The number of halogens is 3. The van der Waals surface area contributed by atoms with Gasteiger partial charge in [-0.05, 0) is 35.7 Å². The Hall–Kier alpha value is -2.69. The Morgan fingerprint density at radius 3 is 2.19 bits per heavy atom. The van der Waals surface area contributed by atoms with Crippen LogP contribution in [0, 0.1) is 0 Å². The van der Waals surface area contributed by atoms with Gasteiger partial charge in [0.15, 0.2) is 0 Å². The molecule has 31 heavy (non-hydrogen) atoms. The number of benzene rings is 1. The molecule has 1 aromatic carbocycles. The number of aliphatic hydroxyl groups excluding tert-OH is 1. The maximum Gasteiger partial charge on any atom is 0.416 e. The third kappa shape index (κ3) is 4.10. The fraction of sp³-hybridized carbons (Fsp3) is 0.333. The summed E-state index contributed by atoms with van der Waals surface area (Å²) in [7, 11) is 0. The van der Waals surface area contributed by atoms with E-state index in [4.69, 9.17) is 5.11 Å². The van der Waals surface area contributed by atoms with E-state index in [0.717, 1.165) is 29.2 Å². The minimum atomic E-state index is -4.50. The Balaban J connectivity index is 1.67. The van der Waals surface area contributed by atoms with E-state index in [2.05, 4.69) is 4.90 Å². The molecule has 2 amide bonds. The van der Waals surface area contributed by atoms with Crippen LogP contribution in [0.4, 0.5) is 18.9 Å². The van der Waals surface area contributed by atoms with E-state index in [-0.39, 0.29) is 23.6 Å². The maximum atomic E-state index is 13.3. The molecule has 1 aromatic heterocycles. The molecular formula is C21H20F3N3O3S. The summed E-state index contributed by atoms with van der Waals surface area (Å²) in [6.07, 6.45) is -4.50. The second-order valence-corrected chi connectivity index (χ2v) is 8.19. The number of imide groups is 1. The third-order valence-corrected chi connectivity index (χ3v) is 6.27. The normalized spacial score (nSPS) is 18.5. The second-order valence-electron chi connectivity index (χ2n) is 7.24. The Morgan fingerprint density at radius 2 is 1.65 bits per heavy atom. The zero-order valence-electron chi connectivity index (χ0n) is 16.4. The number of rotatable bonds is 5. The van der Waals surface area contributed by atoms with Gasteiger partial charge < -0.3 is 10.0 Å². The molecule has 2 aromatic rings. The number of piperazine rings is 1. The van der Waals surface area contributed by atoms with Crippen molar-refractivity contribution >= 4 is 34.4 Å². The molecule has 0 spiro atoms. The highest BCUT2D eigenvalue weighted by Crippen LogP contribution is 2.38. The average Bonchev–Trinajstić information content (AvgIpc) is 3.34. The fourth-order valence-electron chi connectivity index (χ4n) is 3.82. The van der Waals surface area contributed by atoms with Crippen LogP contribution < -0.4 is 4.90 Å². The maximum absolute atomic E-state index is 13.3. The van der Waals surface area contributed by atoms with Gasteiger partial charge in [0.25, 0.3) is 11.8 Å². The molecule has 0 radical (unpaired) electrons. The number of hydrogen-bond donors (Lipinski definition) is 1. The van der Waals surface area contributed by atoms with E-state index in [0.29, 0.717) is 37.6 Å². The third-order valence-electron chi connectivity index (χ3n) is 5.38. The van der Waals surface area contributed by atoms with E-state index < -0.39 is 23.6 Å². The van der Waals surface area contributed by atoms with Gasteiger partial charge in [-0.1, -0.05) is 6.07 Å². The number of hydrogen-bond acceptors (Lipinski definition) is 6. The molecule has 1 fully saturated rings. The Kier molecular flexibility index (Phi) is 5.87. The first-order valence-corrected chi connectivity index (χ1v) is 10.6. The van der Waals surface area contributed by atoms with E-state index in [1.54, 1.807) is 17.5 Å². The van der Waals surface area contributed by atoms with E-state index in [1.807, 2.05) is 4.90 Å². The molecule has 1 saturated heterocycles. The lowest BCUT2D eigenvalue weighted by molar-refractivity contribution is -0.137. The van der Waals surface area contributed by atoms with Crippen LogP contribution in [0.5, 0.6) is 0 Å². The van der Waals surface area contributed by atoms with Crippen molar-refractivity contribution in [1.29, 1.82) is 0 Å². The standard InChI is InChI=1S/C21H20F3N3O3S/c22-21(23,24)14-3-5-15(6-4-14)27-19(29)17(16-2-1-13-31-16)18(20(27)30)26-9-7-25(8-10-26)11-12-28/h1-6,13,28H,7-12H2. The van der Waals surface area contributed by atoms with Crippen molar-refractivity contribution < 1.29 is 27.9 Å². The highest BCUT2D eigenvalue weighted by atomic mass is 32.1. The fourth-order valence-corrected chi connectivity index (χ4v) is 4.59. The Labute approximate surface area is 180 Å². The van der Waals surface area contributed by atoms with Crippen LogP contribution >= 0.6 is 11.3 Å². The van der Waals surface area contributed by atoms with Gasteiger partial charge in [0.05, 0.1) is 23.4 Å². The molecule has 0 aliphatic carbocycles. The number of carbonyl (C=O) groups excluding carboxylic acids is 2. The number of β-amino-alcohol motifs (C(OH)–C–C–N with tert-alkyl or cyclic N) is 1. The number of carbonyl (C=O) groups is 2. The Morgan fingerprint density at radius 1 is 0.968 bits per heavy atom. The number of aliphatic hydroxyl groups is 1. The van der Waals surface area contributed by atoms with Crippen molar-refractivity contribution in [2.75, 3.05) is 44.2 Å². The van der Waals surface area contributed by atoms with E-state index in [9.17, 15) is 22.8 Å². The van der Waals surface area contributed by atoms with Crippen molar-refractivity contribution in [2.24, 2.45) is 0 Å². The summed E-state index contributed by atoms with van der Waals surface area (Å²) >= 11 is 1.33. The molecule has 4 rings (SSSR count). The van der Waals surface area contributed by atoms with Crippen LogP contribution in [0.3, 0.4) is 0 Å². The van der Waals surface area contributed by atoms with Gasteiger partial charge in [-0.15, -0.1) is 11.3 Å². The van der Waals surface area contributed by atoms with E-state index in [1.165, 1.54) is 11.3 Å². The zero-order chi connectivity index (χ0) is 22.2. The van der Waals surface area contributed by atoms with Gasteiger partial charge >= 0.3 is 6.18 Å². The lowest BCUT2D eigenvalue weighted by Crippen LogP contribution is -2.48. The molecule has 10 heteroatoms. The van der Waals surface area contributed by atoms with Crippen molar-refractivity contribution in [2.45, 2.75) is 6.18 Å². The first-order valence-electron chi connectivity index (χ1n) is 9.73. The van der Waals surface area contributed by atoms with Crippen molar-refractivity contribution in [1.82, 2.24) is 9.80 Å². The number of alkyl halides is 3. The van der Waals surface area contributed by atoms with Crippen LogP contribution in [0.2, 0.25) is 0 Å². The highest BCUT2D eigenvalue weighted by molar-refractivity contribution is 7.11. The SMILES string of the molecule is O=C1C(c2cccs2)=C(N2CCN(CCO)CC2)C(=O)N1c1ccc(C(F)(F)F)cc1. The van der Waals surface area contributed by atoms with Crippen molar-refractivity contribution in [3.63, 3.8) is 0 Å². The smallest absolute Gasteiger partial charge is 0.395 e. The van der Waals surface area contributed by atoms with Crippen LogP contribution in [0.15, 0.2) is 47.5 Å². The lowest BCUT2D eigenvalue weighted by Gasteiger charge is -2.36. The first kappa shape index (κ1) is 21.5. The minimum Gasteiger partial charge on any atom is -0.395 e. The molecule has 3 heterocycles. The molecule has 0 unspecified atom stereocenters. The number of amides is 2. The van der Waals surface area contributed by atoms with Crippen molar-refractivity contribution in [3.8, 4) is 0 Å². The molecular weight excluding hydrogens is 431 g/mol. The first-order chi connectivity index (χ1) is 14.8. The molecule has 0 bridgehead atoms. The number of thiophene rings is 1. The van der Waals surface area contributed by atoms with Gasteiger partial charge in [0.1, 0.15) is 5.70 Å². The molecule has 164 valence electrons. The molecule has 0 saturated carbocycles. The molecule has 0 atom stereocenters. The summed E-state index contributed by atoms with van der Waals surface area (Å²) in [5, 5.41) is 10.9. The topological polar surface area (TPSA) is 64.1 Å². The van der Waals surface area contributed by atoms with Crippen LogP contribution in [0.1, 0.15) is 10.4 Å². The highest BCUT2D eigenvalue weighted by Gasteiger charge is 2.43. The summed E-state index contributed by atoms with van der Waals surface area (Å²) in [6, 6.07) is 7.56. The van der Waals surface area contributed by atoms with Gasteiger partial charge in [-0.3, -0.25) is 14.5 Å². The average molecular weight is 451 g/mol. The predicted octanol–water partition coefficient (Wildman–Crippen LogP) is 2.66. The summed E-state index contributed by atoms with van der Waals surface area (Å²) in [5.74, 6) is -1.08. The van der Waals surface area contributed by atoms with Crippen LogP contribution in [-0.4, -0.2) is 66.1 Å². The van der Waals surface area contributed by atoms with Crippen LogP contribution in [0.25, 0.3) is 5.57 Å². The van der Waals surface area contributed by atoms with E-state index >= 15 is 0 Å². The summed E-state index contributed by atoms with van der Waals surface area (Å²) < 4.78 is 38.7. The van der Waals surface area contributed by atoms with Crippen molar-refractivity contribution in [3.05, 3.63) is 57.9 Å². The van der Waals surface area contributed by atoms with Gasteiger partial charge in [0, 0.05) is 37.6 Å². The molecule has 2 aliphatic rings. The number of nitrogens with zero attached hydrogens (tertiary/aromatic N) is 3. The minimum absolute atomic E-state index is 0.0439. The summed E-state index contributed by atoms with van der Waals surface area (Å²) in [6.45, 7) is 2.85. The largest absolute Gasteiger partial charge is 0.416 e. The monoisotopic (exact) mass is 451 g/mol. The quantitative estimate of drug-likeness (QED) is 0.709. The van der Waals surface area contributed by atoms with Crippen LogP contribution in [-0.2, 0) is 15.8 Å². The molecule has 6 nitrogen and oxygen atoms in total. The van der Waals surface area contributed by atoms with Gasteiger partial charge in [-0.2, -0.15) is 13.2 Å². The zero-order valence-corrected chi connectivity index (χ0v) is 17.2. The number of anilines is 1. The molecule has 1 N–H and O–H groups in total.